The van der Waals surface area contributed by atoms with E-state index in [2.05, 4.69) is 5.32 Å². The lowest BCUT2D eigenvalue weighted by molar-refractivity contribution is -0.177. The largest absolute Gasteiger partial charge is 0.311 e. The van der Waals surface area contributed by atoms with E-state index in [0.29, 0.717) is 6.54 Å². The van der Waals surface area contributed by atoms with E-state index >= 15 is 0 Å². The zero-order chi connectivity index (χ0) is 10.3. The van der Waals surface area contributed by atoms with Crippen molar-refractivity contribution >= 4 is 5.91 Å². The first kappa shape index (κ1) is 8.88. The second kappa shape index (κ2) is 3.32. The molecule has 1 saturated heterocycles. The number of nitrogens with one attached hydrogen (secondary N) is 1. The Morgan fingerprint density at radius 3 is 2.80 bits per heavy atom. The number of hydrogen-bond acceptors (Lipinski definition) is 3. The zero-order valence-corrected chi connectivity index (χ0v) is 8.27. The third kappa shape index (κ3) is 1.42. The van der Waals surface area contributed by atoms with Gasteiger partial charge in [-0.15, -0.1) is 0 Å². The highest BCUT2D eigenvalue weighted by molar-refractivity contribution is 5.97. The van der Waals surface area contributed by atoms with Gasteiger partial charge in [-0.2, -0.15) is 0 Å². The molecule has 0 aromatic heterocycles. The number of rotatable bonds is 2. The molecule has 1 aromatic carbocycles. The predicted molar refractivity (Wildman–Crippen MR) is 54.1 cm³/mol. The van der Waals surface area contributed by atoms with E-state index in [9.17, 15) is 4.79 Å². The molecule has 0 saturated carbocycles. The van der Waals surface area contributed by atoms with Crippen LogP contribution in [0.25, 0.3) is 0 Å². The van der Waals surface area contributed by atoms with Crippen molar-refractivity contribution in [3.63, 3.8) is 0 Å². The van der Waals surface area contributed by atoms with Crippen LogP contribution in [0.5, 0.6) is 0 Å². The van der Waals surface area contributed by atoms with Crippen LogP contribution in [-0.2, 0) is 11.4 Å². The van der Waals surface area contributed by atoms with Crippen molar-refractivity contribution in [1.29, 1.82) is 0 Å². The second-order valence-corrected chi connectivity index (χ2v) is 3.88. The number of amides is 1. The molecule has 3 rings (SSSR count). The van der Waals surface area contributed by atoms with Crippen LogP contribution in [0.2, 0.25) is 0 Å². The summed E-state index contributed by atoms with van der Waals surface area (Å²) in [6.07, 6.45) is 0.156. The van der Waals surface area contributed by atoms with Gasteiger partial charge < -0.3 is 5.32 Å². The first-order valence-corrected chi connectivity index (χ1v) is 5.12. The molecule has 0 radical (unpaired) electrons. The van der Waals surface area contributed by atoms with Gasteiger partial charge in [-0.05, 0) is 11.6 Å². The first-order chi connectivity index (χ1) is 7.34. The Morgan fingerprint density at radius 2 is 2.13 bits per heavy atom. The van der Waals surface area contributed by atoms with Crippen LogP contribution in [0.4, 0.5) is 0 Å². The molecule has 2 aliphatic heterocycles. The van der Waals surface area contributed by atoms with E-state index in [1.165, 1.54) is 5.06 Å². The summed E-state index contributed by atoms with van der Waals surface area (Å²) in [5.74, 6) is -0.0162. The van der Waals surface area contributed by atoms with Crippen molar-refractivity contribution < 1.29 is 9.63 Å². The fraction of sp³-hybridized carbons (Fsp3) is 0.364. The van der Waals surface area contributed by atoms with Gasteiger partial charge >= 0.3 is 0 Å². The molecule has 1 fully saturated rings. The lowest BCUT2D eigenvalue weighted by Crippen LogP contribution is -2.51. The summed E-state index contributed by atoms with van der Waals surface area (Å²) in [6.45, 7) is 2.24. The van der Waals surface area contributed by atoms with E-state index in [4.69, 9.17) is 4.84 Å². The predicted octanol–water partition coefficient (Wildman–Crippen LogP) is 0.546. The fourth-order valence-corrected chi connectivity index (χ4v) is 1.83. The number of hydrogen-bond donors (Lipinski definition) is 1. The van der Waals surface area contributed by atoms with Crippen molar-refractivity contribution in [2.45, 2.75) is 12.6 Å². The van der Waals surface area contributed by atoms with Gasteiger partial charge in [-0.1, -0.05) is 18.2 Å². The summed E-state index contributed by atoms with van der Waals surface area (Å²) in [6, 6.07) is 7.64. The minimum absolute atomic E-state index is 0.0162. The minimum Gasteiger partial charge on any atom is -0.311 e. The summed E-state index contributed by atoms with van der Waals surface area (Å²) >= 11 is 0. The van der Waals surface area contributed by atoms with Gasteiger partial charge in [-0.25, -0.2) is 5.06 Å². The average molecular weight is 204 g/mol. The molecule has 0 bridgehead atoms. The topological polar surface area (TPSA) is 41.6 Å². The Hall–Kier alpha value is -1.39. The summed E-state index contributed by atoms with van der Waals surface area (Å²) in [5.41, 5.74) is 1.82. The number of benzene rings is 1. The van der Waals surface area contributed by atoms with Gasteiger partial charge in [0.15, 0.2) is 0 Å². The maximum absolute atomic E-state index is 11.9. The Kier molecular flexibility index (Phi) is 1.97. The molecule has 2 heterocycles. The average Bonchev–Trinajstić information content (AvgIpc) is 2.51. The number of nitrogens with zero attached hydrogens (tertiary/aromatic N) is 1. The smallest absolute Gasteiger partial charge is 0.278 e. The Morgan fingerprint density at radius 1 is 1.33 bits per heavy atom. The molecule has 4 nitrogen and oxygen atoms in total. The lowest BCUT2D eigenvalue weighted by Gasteiger charge is -2.30. The molecule has 0 aliphatic carbocycles. The maximum atomic E-state index is 11.9. The molecule has 1 amide bonds. The van der Waals surface area contributed by atoms with Crippen LogP contribution in [-0.4, -0.2) is 30.2 Å². The van der Waals surface area contributed by atoms with Gasteiger partial charge in [0.1, 0.15) is 6.10 Å². The highest BCUT2D eigenvalue weighted by atomic mass is 16.7. The van der Waals surface area contributed by atoms with E-state index in [-0.39, 0.29) is 12.0 Å². The fourth-order valence-electron chi connectivity index (χ4n) is 1.83. The zero-order valence-electron chi connectivity index (χ0n) is 8.27. The molecular weight excluding hydrogens is 192 g/mol. The molecular formula is C11H12N2O2. The molecule has 1 N–H and O–H groups in total. The lowest BCUT2D eigenvalue weighted by atomic mass is 10.1. The highest BCUT2D eigenvalue weighted by Gasteiger charge is 2.31. The van der Waals surface area contributed by atoms with Crippen molar-refractivity contribution in [3.05, 3.63) is 35.4 Å². The van der Waals surface area contributed by atoms with Crippen LogP contribution in [0.15, 0.2) is 24.3 Å². The molecule has 1 aromatic rings. The summed E-state index contributed by atoms with van der Waals surface area (Å²) in [4.78, 5) is 17.4. The summed E-state index contributed by atoms with van der Waals surface area (Å²) in [7, 11) is 0. The molecule has 0 unspecified atom stereocenters. The summed E-state index contributed by atoms with van der Waals surface area (Å²) < 4.78 is 0. The van der Waals surface area contributed by atoms with Crippen molar-refractivity contribution in [3.8, 4) is 0 Å². The van der Waals surface area contributed by atoms with Crippen LogP contribution >= 0.6 is 0 Å². The molecule has 0 atom stereocenters. The van der Waals surface area contributed by atoms with Crippen molar-refractivity contribution in [2.75, 3.05) is 13.1 Å². The van der Waals surface area contributed by atoms with Crippen LogP contribution < -0.4 is 5.32 Å². The minimum atomic E-state index is -0.0162. The van der Waals surface area contributed by atoms with Crippen molar-refractivity contribution in [2.24, 2.45) is 0 Å². The number of fused-ring (bicyclic) bond motifs is 1. The second-order valence-electron chi connectivity index (χ2n) is 3.88. The monoisotopic (exact) mass is 204 g/mol. The summed E-state index contributed by atoms with van der Waals surface area (Å²) in [5, 5.41) is 4.58. The van der Waals surface area contributed by atoms with Gasteiger partial charge in [0.05, 0.1) is 6.54 Å². The SMILES string of the molecule is O=C1c2ccccc2CN1OC1CNC1. The molecule has 4 heteroatoms. The Labute approximate surface area is 87.8 Å². The maximum Gasteiger partial charge on any atom is 0.278 e. The first-order valence-electron chi connectivity index (χ1n) is 5.12. The molecule has 78 valence electrons. The van der Waals surface area contributed by atoms with Crippen LogP contribution in [0, 0.1) is 0 Å². The molecule has 15 heavy (non-hydrogen) atoms. The van der Waals surface area contributed by atoms with Gasteiger partial charge in [0, 0.05) is 18.7 Å². The number of carbonyl (C=O) groups excluding carboxylic acids is 1. The molecule has 2 aliphatic rings. The van der Waals surface area contributed by atoms with Crippen molar-refractivity contribution in [1.82, 2.24) is 10.4 Å². The third-order valence-electron chi connectivity index (χ3n) is 2.81. The van der Waals surface area contributed by atoms with E-state index < -0.39 is 0 Å². The van der Waals surface area contributed by atoms with Gasteiger partial charge in [-0.3, -0.25) is 9.63 Å². The number of hydroxylamine groups is 2. The van der Waals surface area contributed by atoms with E-state index in [1.54, 1.807) is 0 Å². The Balaban J connectivity index is 1.77. The van der Waals surface area contributed by atoms with Gasteiger partial charge in [0.25, 0.3) is 5.91 Å². The van der Waals surface area contributed by atoms with Crippen LogP contribution in [0.1, 0.15) is 15.9 Å². The van der Waals surface area contributed by atoms with E-state index in [1.807, 2.05) is 24.3 Å². The quantitative estimate of drug-likeness (QED) is 0.764. The number of carbonyl (C=O) groups is 1. The Bertz CT molecular complexity index is 401. The normalized spacial score (nSPS) is 20.3. The standard InChI is InChI=1S/C11H12N2O2/c14-11-10-4-2-1-3-8(10)7-13(11)15-9-5-12-6-9/h1-4,9,12H,5-7H2. The van der Waals surface area contributed by atoms with Gasteiger partial charge in [0.2, 0.25) is 0 Å². The highest BCUT2D eigenvalue weighted by Crippen LogP contribution is 2.23. The molecule has 0 spiro atoms. The third-order valence-corrected chi connectivity index (χ3v) is 2.81. The van der Waals surface area contributed by atoms with E-state index in [0.717, 1.165) is 24.2 Å². The van der Waals surface area contributed by atoms with Crippen LogP contribution in [0.3, 0.4) is 0 Å².